The van der Waals surface area contributed by atoms with Gasteiger partial charge >= 0.3 is 5.97 Å². The summed E-state index contributed by atoms with van der Waals surface area (Å²) < 4.78 is 17.9. The number of anilines is 2. The molecule has 1 heterocycles. The number of ether oxygens (including phenoxy) is 1. The van der Waals surface area contributed by atoms with Crippen LogP contribution in [0.2, 0.25) is 0 Å². The zero-order valence-electron chi connectivity index (χ0n) is 15.8. The Morgan fingerprint density at radius 1 is 0.964 bits per heavy atom. The predicted octanol–water partition coefficient (Wildman–Crippen LogP) is 3.93. The third-order valence-electron chi connectivity index (χ3n) is 4.77. The minimum Gasteiger partial charge on any atom is -0.456 e. The highest BCUT2D eigenvalue weighted by atomic mass is 19.1. The molecule has 1 amide bonds. The smallest absolute Gasteiger partial charge is 0.306 e. The summed E-state index contributed by atoms with van der Waals surface area (Å²) in [5.74, 6) is -1.15. The molecular formula is C22H25FN2O3. The number of nitrogens with zero attached hydrogens (tertiary/aromatic N) is 1. The summed E-state index contributed by atoms with van der Waals surface area (Å²) in [4.78, 5) is 26.1. The van der Waals surface area contributed by atoms with Crippen LogP contribution in [0.1, 0.15) is 31.2 Å². The number of nitrogens with one attached hydrogen (secondary N) is 1. The molecule has 1 saturated heterocycles. The molecule has 1 fully saturated rings. The number of hydrogen-bond donors (Lipinski definition) is 1. The number of piperidine rings is 1. The topological polar surface area (TPSA) is 58.6 Å². The number of benzene rings is 2. The van der Waals surface area contributed by atoms with Crippen molar-refractivity contribution < 1.29 is 18.7 Å². The first kappa shape index (κ1) is 19.9. The Morgan fingerprint density at radius 2 is 1.64 bits per heavy atom. The second-order valence-electron chi connectivity index (χ2n) is 6.93. The van der Waals surface area contributed by atoms with E-state index >= 15 is 0 Å². The second kappa shape index (κ2) is 9.88. The largest absolute Gasteiger partial charge is 0.456 e. The van der Waals surface area contributed by atoms with Gasteiger partial charge in [0.25, 0.3) is 5.91 Å². The third kappa shape index (κ3) is 6.08. The van der Waals surface area contributed by atoms with Gasteiger partial charge in [0.15, 0.2) is 6.61 Å². The van der Waals surface area contributed by atoms with Crippen LogP contribution >= 0.6 is 0 Å². The lowest BCUT2D eigenvalue weighted by Gasteiger charge is -2.28. The number of amides is 1. The molecule has 1 aliphatic heterocycles. The summed E-state index contributed by atoms with van der Waals surface area (Å²) in [6.45, 7) is 1.81. The minimum atomic E-state index is -0.458. The molecule has 0 aromatic heterocycles. The molecule has 5 nitrogen and oxygen atoms in total. The Morgan fingerprint density at radius 3 is 2.32 bits per heavy atom. The van der Waals surface area contributed by atoms with Crippen molar-refractivity contribution in [2.75, 3.05) is 29.9 Å². The van der Waals surface area contributed by atoms with Gasteiger partial charge < -0.3 is 15.0 Å². The van der Waals surface area contributed by atoms with Crippen molar-refractivity contribution in [1.82, 2.24) is 0 Å². The number of aryl methyl sites for hydroxylation is 1. The molecule has 0 saturated carbocycles. The van der Waals surface area contributed by atoms with Crippen LogP contribution in [0.4, 0.5) is 15.8 Å². The van der Waals surface area contributed by atoms with Crippen molar-refractivity contribution in [3.05, 3.63) is 59.9 Å². The SMILES string of the molecule is O=C(COC(=O)CCc1ccc(F)cc1)Nc1ccc(N2CCCCC2)cc1. The van der Waals surface area contributed by atoms with Gasteiger partial charge in [-0.05, 0) is 67.6 Å². The van der Waals surface area contributed by atoms with E-state index in [1.165, 1.54) is 31.4 Å². The molecule has 2 aromatic carbocycles. The van der Waals surface area contributed by atoms with Gasteiger partial charge in [-0.25, -0.2) is 4.39 Å². The summed E-state index contributed by atoms with van der Waals surface area (Å²) in [7, 11) is 0. The van der Waals surface area contributed by atoms with Crippen LogP contribution in [0.25, 0.3) is 0 Å². The fourth-order valence-electron chi connectivity index (χ4n) is 3.22. The van der Waals surface area contributed by atoms with Crippen LogP contribution in [0.15, 0.2) is 48.5 Å². The van der Waals surface area contributed by atoms with Crippen molar-refractivity contribution in [2.24, 2.45) is 0 Å². The first-order valence-electron chi connectivity index (χ1n) is 9.65. The van der Waals surface area contributed by atoms with Gasteiger partial charge in [-0.2, -0.15) is 0 Å². The van der Waals surface area contributed by atoms with Crippen LogP contribution in [-0.2, 0) is 20.7 Å². The number of rotatable bonds is 7. The molecule has 0 aliphatic carbocycles. The predicted molar refractivity (Wildman–Crippen MR) is 107 cm³/mol. The molecule has 28 heavy (non-hydrogen) atoms. The van der Waals surface area contributed by atoms with Crippen molar-refractivity contribution in [3.63, 3.8) is 0 Å². The van der Waals surface area contributed by atoms with E-state index in [9.17, 15) is 14.0 Å². The lowest BCUT2D eigenvalue weighted by molar-refractivity contribution is -0.147. The van der Waals surface area contributed by atoms with Crippen LogP contribution in [0, 0.1) is 5.82 Å². The normalized spacial score (nSPS) is 13.8. The molecule has 0 radical (unpaired) electrons. The minimum absolute atomic E-state index is 0.142. The molecule has 1 N–H and O–H groups in total. The Labute approximate surface area is 164 Å². The zero-order valence-corrected chi connectivity index (χ0v) is 15.8. The molecule has 2 aromatic rings. The maximum absolute atomic E-state index is 12.9. The van der Waals surface area contributed by atoms with Crippen molar-refractivity contribution >= 4 is 23.3 Å². The molecule has 3 rings (SSSR count). The Bertz CT molecular complexity index is 784. The number of carbonyl (C=O) groups excluding carboxylic acids is 2. The standard InChI is InChI=1S/C22H25FN2O3/c23-18-7-4-17(5-8-18)6-13-22(27)28-16-21(26)24-19-9-11-20(12-10-19)25-14-2-1-3-15-25/h4-5,7-12H,1-3,6,13-16H2,(H,24,26). The van der Waals surface area contributed by atoms with Gasteiger partial charge in [-0.3, -0.25) is 9.59 Å². The van der Waals surface area contributed by atoms with Crippen LogP contribution < -0.4 is 10.2 Å². The lowest BCUT2D eigenvalue weighted by Crippen LogP contribution is -2.29. The van der Waals surface area contributed by atoms with E-state index in [1.54, 1.807) is 12.1 Å². The lowest BCUT2D eigenvalue weighted by atomic mass is 10.1. The first-order chi connectivity index (χ1) is 13.6. The van der Waals surface area contributed by atoms with E-state index in [1.807, 2.05) is 24.3 Å². The second-order valence-corrected chi connectivity index (χ2v) is 6.93. The van der Waals surface area contributed by atoms with E-state index in [2.05, 4.69) is 10.2 Å². The summed E-state index contributed by atoms with van der Waals surface area (Å²) in [6.07, 6.45) is 4.30. The van der Waals surface area contributed by atoms with Crippen LogP contribution in [0.5, 0.6) is 0 Å². The summed E-state index contributed by atoms with van der Waals surface area (Å²) in [5, 5.41) is 2.73. The number of halogens is 1. The molecule has 0 atom stereocenters. The van der Waals surface area contributed by atoms with Gasteiger partial charge in [0.1, 0.15) is 5.82 Å². The van der Waals surface area contributed by atoms with E-state index in [-0.39, 0.29) is 24.8 Å². The van der Waals surface area contributed by atoms with Gasteiger partial charge in [0.05, 0.1) is 0 Å². The van der Waals surface area contributed by atoms with Gasteiger partial charge in [-0.1, -0.05) is 12.1 Å². The van der Waals surface area contributed by atoms with Crippen LogP contribution in [0.3, 0.4) is 0 Å². The zero-order chi connectivity index (χ0) is 19.8. The highest BCUT2D eigenvalue weighted by molar-refractivity contribution is 5.92. The molecule has 148 valence electrons. The summed E-state index contributed by atoms with van der Waals surface area (Å²) >= 11 is 0. The molecule has 0 spiro atoms. The Balaban J connectivity index is 1.38. The van der Waals surface area contributed by atoms with E-state index < -0.39 is 5.97 Å². The number of hydrogen-bond acceptors (Lipinski definition) is 4. The van der Waals surface area contributed by atoms with Gasteiger partial charge in [0, 0.05) is 30.9 Å². The van der Waals surface area contributed by atoms with E-state index in [4.69, 9.17) is 4.74 Å². The third-order valence-corrected chi connectivity index (χ3v) is 4.77. The quantitative estimate of drug-likeness (QED) is 0.735. The van der Waals surface area contributed by atoms with Gasteiger partial charge in [-0.15, -0.1) is 0 Å². The average molecular weight is 384 g/mol. The fourth-order valence-corrected chi connectivity index (χ4v) is 3.22. The van der Waals surface area contributed by atoms with Crippen molar-refractivity contribution in [3.8, 4) is 0 Å². The highest BCUT2D eigenvalue weighted by Gasteiger charge is 2.12. The van der Waals surface area contributed by atoms with E-state index in [0.29, 0.717) is 12.1 Å². The van der Waals surface area contributed by atoms with Crippen LogP contribution in [-0.4, -0.2) is 31.6 Å². The molecule has 6 heteroatoms. The molecule has 0 bridgehead atoms. The Hall–Kier alpha value is -2.89. The Kier molecular flexibility index (Phi) is 7.00. The highest BCUT2D eigenvalue weighted by Crippen LogP contribution is 2.21. The van der Waals surface area contributed by atoms with Crippen molar-refractivity contribution in [1.29, 1.82) is 0 Å². The number of esters is 1. The number of carbonyl (C=O) groups is 2. The summed E-state index contributed by atoms with van der Waals surface area (Å²) in [5.41, 5.74) is 2.68. The van der Waals surface area contributed by atoms with E-state index in [0.717, 1.165) is 24.3 Å². The first-order valence-corrected chi connectivity index (χ1v) is 9.65. The van der Waals surface area contributed by atoms with Gasteiger partial charge in [0.2, 0.25) is 0 Å². The fraction of sp³-hybridized carbons (Fsp3) is 0.364. The molecular weight excluding hydrogens is 359 g/mol. The maximum atomic E-state index is 12.9. The molecule has 0 unspecified atom stereocenters. The maximum Gasteiger partial charge on any atom is 0.306 e. The molecule has 1 aliphatic rings. The average Bonchev–Trinajstić information content (AvgIpc) is 2.73. The van der Waals surface area contributed by atoms with Crippen molar-refractivity contribution in [2.45, 2.75) is 32.1 Å². The monoisotopic (exact) mass is 384 g/mol. The summed E-state index contributed by atoms with van der Waals surface area (Å²) in [6, 6.07) is 13.7.